The van der Waals surface area contributed by atoms with Crippen LogP contribution in [0.1, 0.15) is 24.9 Å². The molecule has 0 saturated carbocycles. The molecule has 4 heteroatoms. The third-order valence-corrected chi connectivity index (χ3v) is 3.03. The van der Waals surface area contributed by atoms with Gasteiger partial charge in [0.25, 0.3) is 0 Å². The van der Waals surface area contributed by atoms with Gasteiger partial charge in [0.15, 0.2) is 5.79 Å². The van der Waals surface area contributed by atoms with E-state index in [9.17, 15) is 0 Å². The molecule has 0 spiro atoms. The first-order valence-electron chi connectivity index (χ1n) is 5.81. The second-order valence-electron chi connectivity index (χ2n) is 4.38. The Morgan fingerprint density at radius 3 is 2.65 bits per heavy atom. The lowest BCUT2D eigenvalue weighted by Crippen LogP contribution is -2.31. The van der Waals surface area contributed by atoms with Crippen molar-refractivity contribution in [1.29, 1.82) is 0 Å². The highest BCUT2D eigenvalue weighted by Crippen LogP contribution is 2.32. The van der Waals surface area contributed by atoms with Gasteiger partial charge in [0.2, 0.25) is 0 Å². The Hall–Kier alpha value is -1.10. The van der Waals surface area contributed by atoms with Crippen molar-refractivity contribution in [2.75, 3.05) is 20.3 Å². The maximum absolute atomic E-state index is 6.20. The van der Waals surface area contributed by atoms with Crippen molar-refractivity contribution in [1.82, 2.24) is 0 Å². The molecule has 1 fully saturated rings. The van der Waals surface area contributed by atoms with E-state index in [2.05, 4.69) is 0 Å². The summed E-state index contributed by atoms with van der Waals surface area (Å²) in [4.78, 5) is 0. The lowest BCUT2D eigenvalue weighted by atomic mass is 9.99. The van der Waals surface area contributed by atoms with Gasteiger partial charge in [-0.2, -0.15) is 0 Å². The average molecular weight is 237 g/mol. The number of hydrogen-bond acceptors (Lipinski definition) is 4. The van der Waals surface area contributed by atoms with Crippen LogP contribution in [0.5, 0.6) is 5.75 Å². The van der Waals surface area contributed by atoms with Crippen LogP contribution in [0, 0.1) is 0 Å². The fourth-order valence-corrected chi connectivity index (χ4v) is 2.16. The van der Waals surface area contributed by atoms with E-state index in [0.29, 0.717) is 19.6 Å². The van der Waals surface area contributed by atoms with E-state index in [-0.39, 0.29) is 6.04 Å². The van der Waals surface area contributed by atoms with Crippen molar-refractivity contribution in [3.8, 4) is 5.75 Å². The van der Waals surface area contributed by atoms with Crippen LogP contribution in [0.3, 0.4) is 0 Å². The third kappa shape index (κ3) is 2.77. The van der Waals surface area contributed by atoms with Gasteiger partial charge in [-0.1, -0.05) is 18.2 Å². The molecule has 2 N–H and O–H groups in total. The van der Waals surface area contributed by atoms with Gasteiger partial charge in [-0.3, -0.25) is 0 Å². The fourth-order valence-electron chi connectivity index (χ4n) is 2.16. The zero-order valence-electron chi connectivity index (χ0n) is 10.3. The van der Waals surface area contributed by atoms with Crippen LogP contribution < -0.4 is 10.5 Å². The van der Waals surface area contributed by atoms with Crippen molar-refractivity contribution in [3.63, 3.8) is 0 Å². The molecule has 1 aromatic carbocycles. The van der Waals surface area contributed by atoms with E-state index in [4.69, 9.17) is 19.9 Å². The molecule has 0 radical (unpaired) electrons. The number of ether oxygens (including phenoxy) is 3. The van der Waals surface area contributed by atoms with Crippen LogP contribution in [0.15, 0.2) is 24.3 Å². The van der Waals surface area contributed by atoms with Crippen LogP contribution in [-0.4, -0.2) is 26.1 Å². The molecule has 1 heterocycles. The number of nitrogens with two attached hydrogens (primary N) is 1. The fraction of sp³-hybridized carbons (Fsp3) is 0.538. The van der Waals surface area contributed by atoms with Crippen LogP contribution in [0.25, 0.3) is 0 Å². The first kappa shape index (κ1) is 12.4. The monoisotopic (exact) mass is 237 g/mol. The van der Waals surface area contributed by atoms with Crippen molar-refractivity contribution >= 4 is 0 Å². The van der Waals surface area contributed by atoms with Gasteiger partial charge < -0.3 is 19.9 Å². The van der Waals surface area contributed by atoms with Gasteiger partial charge >= 0.3 is 0 Å². The standard InChI is InChI=1S/C13H19NO3/c1-13(16-7-8-17-13)9-11(14)10-5-3-4-6-12(10)15-2/h3-6,11H,7-9,14H2,1-2H3. The van der Waals surface area contributed by atoms with Crippen LogP contribution >= 0.6 is 0 Å². The Balaban J connectivity index is 2.11. The van der Waals surface area contributed by atoms with E-state index in [1.807, 2.05) is 31.2 Å². The molecule has 2 rings (SSSR count). The second-order valence-corrected chi connectivity index (χ2v) is 4.38. The summed E-state index contributed by atoms with van der Waals surface area (Å²) in [6.45, 7) is 3.19. The molecule has 1 aliphatic heterocycles. The minimum absolute atomic E-state index is 0.158. The number of rotatable bonds is 4. The molecule has 1 saturated heterocycles. The first-order chi connectivity index (χ1) is 8.14. The molecule has 94 valence electrons. The number of para-hydroxylation sites is 1. The van der Waals surface area contributed by atoms with E-state index in [1.54, 1.807) is 7.11 Å². The zero-order chi connectivity index (χ0) is 12.3. The highest BCUT2D eigenvalue weighted by atomic mass is 16.7. The molecular weight excluding hydrogens is 218 g/mol. The maximum Gasteiger partial charge on any atom is 0.167 e. The summed E-state index contributed by atoms with van der Waals surface area (Å²) in [6.07, 6.45) is 0.618. The summed E-state index contributed by atoms with van der Waals surface area (Å²) in [5.74, 6) is 0.238. The number of hydrogen-bond donors (Lipinski definition) is 1. The number of benzene rings is 1. The van der Waals surface area contributed by atoms with Crippen LogP contribution in [0.2, 0.25) is 0 Å². The Morgan fingerprint density at radius 2 is 2.00 bits per heavy atom. The molecule has 0 aliphatic carbocycles. The lowest BCUT2D eigenvalue weighted by Gasteiger charge is -2.26. The molecule has 0 bridgehead atoms. The third-order valence-electron chi connectivity index (χ3n) is 3.03. The molecule has 1 aliphatic rings. The predicted molar refractivity (Wildman–Crippen MR) is 64.8 cm³/mol. The van der Waals surface area contributed by atoms with E-state index in [1.165, 1.54) is 0 Å². The van der Waals surface area contributed by atoms with E-state index >= 15 is 0 Å². The Morgan fingerprint density at radius 1 is 1.35 bits per heavy atom. The topological polar surface area (TPSA) is 53.7 Å². The predicted octanol–water partition coefficient (Wildman–Crippen LogP) is 1.85. The summed E-state index contributed by atoms with van der Waals surface area (Å²) in [5.41, 5.74) is 7.18. The maximum atomic E-state index is 6.20. The summed E-state index contributed by atoms with van der Waals surface area (Å²) in [6, 6.07) is 7.61. The SMILES string of the molecule is COc1ccccc1C(N)CC1(C)OCCO1. The van der Waals surface area contributed by atoms with Gasteiger partial charge in [0.05, 0.1) is 20.3 Å². The zero-order valence-corrected chi connectivity index (χ0v) is 10.3. The largest absolute Gasteiger partial charge is 0.496 e. The quantitative estimate of drug-likeness (QED) is 0.868. The lowest BCUT2D eigenvalue weighted by molar-refractivity contribution is -0.150. The molecule has 17 heavy (non-hydrogen) atoms. The minimum Gasteiger partial charge on any atom is -0.496 e. The molecule has 4 nitrogen and oxygen atoms in total. The summed E-state index contributed by atoms with van der Waals surface area (Å²) < 4.78 is 16.4. The van der Waals surface area contributed by atoms with Crippen molar-refractivity contribution < 1.29 is 14.2 Å². The van der Waals surface area contributed by atoms with Crippen molar-refractivity contribution in [2.24, 2.45) is 5.73 Å². The smallest absolute Gasteiger partial charge is 0.167 e. The van der Waals surface area contributed by atoms with Gasteiger partial charge in [0.1, 0.15) is 5.75 Å². The molecule has 0 aromatic heterocycles. The highest BCUT2D eigenvalue weighted by Gasteiger charge is 2.33. The summed E-state index contributed by atoms with van der Waals surface area (Å²) in [7, 11) is 1.65. The first-order valence-corrected chi connectivity index (χ1v) is 5.81. The molecule has 1 atom stereocenters. The Labute approximate surface area is 102 Å². The number of methoxy groups -OCH3 is 1. The Kier molecular flexibility index (Phi) is 3.66. The second kappa shape index (κ2) is 5.04. The van der Waals surface area contributed by atoms with E-state index < -0.39 is 5.79 Å². The summed E-state index contributed by atoms with van der Waals surface area (Å²) in [5, 5.41) is 0. The highest BCUT2D eigenvalue weighted by molar-refractivity contribution is 5.35. The van der Waals surface area contributed by atoms with Crippen LogP contribution in [-0.2, 0) is 9.47 Å². The minimum atomic E-state index is -0.569. The van der Waals surface area contributed by atoms with Gasteiger partial charge in [-0.15, -0.1) is 0 Å². The van der Waals surface area contributed by atoms with Crippen LogP contribution in [0.4, 0.5) is 0 Å². The van der Waals surface area contributed by atoms with Crippen molar-refractivity contribution in [3.05, 3.63) is 29.8 Å². The average Bonchev–Trinajstić information content (AvgIpc) is 2.75. The van der Waals surface area contributed by atoms with Crippen molar-refractivity contribution in [2.45, 2.75) is 25.2 Å². The van der Waals surface area contributed by atoms with Gasteiger partial charge in [-0.25, -0.2) is 0 Å². The molecule has 1 unspecified atom stereocenters. The molecular formula is C13H19NO3. The molecule has 1 aromatic rings. The van der Waals surface area contributed by atoms with E-state index in [0.717, 1.165) is 11.3 Å². The molecule has 0 amide bonds. The normalized spacial score (nSPS) is 20.2. The van der Waals surface area contributed by atoms with Gasteiger partial charge in [0, 0.05) is 18.0 Å². The summed E-state index contributed by atoms with van der Waals surface area (Å²) >= 11 is 0. The Bertz CT molecular complexity index is 375. The van der Waals surface area contributed by atoms with Gasteiger partial charge in [-0.05, 0) is 13.0 Å².